The van der Waals surface area contributed by atoms with Crippen molar-refractivity contribution in [3.63, 3.8) is 0 Å². The van der Waals surface area contributed by atoms with Gasteiger partial charge < -0.3 is 15.5 Å². The third-order valence-electron chi connectivity index (χ3n) is 1.61. The molecule has 0 bridgehead atoms. The molecule has 0 aliphatic heterocycles. The Morgan fingerprint density at radius 1 is 1.25 bits per heavy atom. The first-order valence-electron chi connectivity index (χ1n) is 3.92. The smallest absolute Gasteiger partial charge is 0.243 e. The number of nitrogens with one attached hydrogen (secondary N) is 1. The summed E-state index contributed by atoms with van der Waals surface area (Å²) in [6, 6.07) is 9.07. The first kappa shape index (κ1) is 9.03. The number of hydrogen-bond donors (Lipinski definition) is 3. The average Bonchev–Trinajstić information content (AvgIpc) is 2.06. The Bertz CT molecular complexity index is 234. The van der Waals surface area contributed by atoms with Crippen molar-refractivity contribution in [1.82, 2.24) is 0 Å². The maximum Gasteiger partial charge on any atom is 0.243 e. The Labute approximate surface area is 71.7 Å². The number of para-hydroxylation sites is 1. The third kappa shape index (κ3) is 2.53. The van der Waals surface area contributed by atoms with E-state index in [0.29, 0.717) is 5.69 Å². The fourth-order valence-corrected chi connectivity index (χ4v) is 0.841. The predicted octanol–water partition coefficient (Wildman–Crippen LogP) is 1.15. The summed E-state index contributed by atoms with van der Waals surface area (Å²) in [7, 11) is 0. The van der Waals surface area contributed by atoms with E-state index < -0.39 is 5.91 Å². The molecule has 0 fully saturated rings. The van der Waals surface area contributed by atoms with Gasteiger partial charge in [-0.2, -0.15) is 0 Å². The van der Waals surface area contributed by atoms with Crippen molar-refractivity contribution in [3.05, 3.63) is 30.3 Å². The molecule has 0 saturated carbocycles. The van der Waals surface area contributed by atoms with Gasteiger partial charge in [-0.1, -0.05) is 25.1 Å². The highest BCUT2D eigenvalue weighted by atomic mass is 16.5. The normalized spacial score (nSPS) is 11.2. The number of anilines is 1. The highest BCUT2D eigenvalue weighted by Gasteiger charge is 2.18. The lowest BCUT2D eigenvalue weighted by Crippen LogP contribution is -2.36. The van der Waals surface area contributed by atoms with Gasteiger partial charge in [0.15, 0.2) is 0 Å². The fourth-order valence-electron chi connectivity index (χ4n) is 0.841. The standard InChI is InChI=1S/C9H13NO2/c1-2-9(11,12)10-8-6-4-3-5-7-8/h3-7,10-12H,2H2,1H3. The molecule has 3 heteroatoms. The quantitative estimate of drug-likeness (QED) is 0.592. The van der Waals surface area contributed by atoms with Crippen LogP contribution >= 0.6 is 0 Å². The maximum absolute atomic E-state index is 9.22. The minimum absolute atomic E-state index is 0.238. The van der Waals surface area contributed by atoms with Crippen LogP contribution in [0, 0.1) is 0 Å². The molecular weight excluding hydrogens is 154 g/mol. The SMILES string of the molecule is CCC(O)(O)Nc1ccccc1. The molecule has 12 heavy (non-hydrogen) atoms. The van der Waals surface area contributed by atoms with E-state index in [1.807, 2.05) is 18.2 Å². The van der Waals surface area contributed by atoms with Crippen molar-refractivity contribution in [2.75, 3.05) is 5.32 Å². The van der Waals surface area contributed by atoms with Crippen LogP contribution in [0.1, 0.15) is 13.3 Å². The zero-order chi connectivity index (χ0) is 9.03. The Morgan fingerprint density at radius 2 is 1.83 bits per heavy atom. The topological polar surface area (TPSA) is 52.5 Å². The molecule has 0 amide bonds. The highest BCUT2D eigenvalue weighted by Crippen LogP contribution is 2.12. The molecule has 1 aromatic rings. The van der Waals surface area contributed by atoms with Crippen molar-refractivity contribution in [3.8, 4) is 0 Å². The summed E-state index contributed by atoms with van der Waals surface area (Å²) >= 11 is 0. The summed E-state index contributed by atoms with van der Waals surface area (Å²) < 4.78 is 0. The molecule has 0 heterocycles. The van der Waals surface area contributed by atoms with Crippen LogP contribution in [0.3, 0.4) is 0 Å². The molecule has 0 radical (unpaired) electrons. The van der Waals surface area contributed by atoms with Gasteiger partial charge in [0.05, 0.1) is 0 Å². The van der Waals surface area contributed by atoms with E-state index in [0.717, 1.165) is 0 Å². The molecule has 0 atom stereocenters. The van der Waals surface area contributed by atoms with Crippen LogP contribution in [0.4, 0.5) is 5.69 Å². The third-order valence-corrected chi connectivity index (χ3v) is 1.61. The van der Waals surface area contributed by atoms with Crippen molar-refractivity contribution in [2.45, 2.75) is 19.3 Å². The highest BCUT2D eigenvalue weighted by molar-refractivity contribution is 5.43. The Morgan fingerprint density at radius 3 is 2.33 bits per heavy atom. The molecule has 0 aliphatic rings. The predicted molar refractivity (Wildman–Crippen MR) is 47.5 cm³/mol. The van der Waals surface area contributed by atoms with Crippen molar-refractivity contribution in [2.24, 2.45) is 0 Å². The van der Waals surface area contributed by atoms with Gasteiger partial charge in [0.1, 0.15) is 0 Å². The van der Waals surface area contributed by atoms with Gasteiger partial charge in [-0.05, 0) is 12.1 Å². The van der Waals surface area contributed by atoms with E-state index >= 15 is 0 Å². The first-order valence-corrected chi connectivity index (χ1v) is 3.92. The summed E-state index contributed by atoms with van der Waals surface area (Å²) in [5.41, 5.74) is 0.698. The largest absolute Gasteiger partial charge is 0.349 e. The number of rotatable bonds is 3. The summed E-state index contributed by atoms with van der Waals surface area (Å²) in [6.45, 7) is 1.69. The van der Waals surface area contributed by atoms with E-state index in [9.17, 15) is 10.2 Å². The van der Waals surface area contributed by atoms with Crippen LogP contribution in [-0.4, -0.2) is 16.1 Å². The fraction of sp³-hybridized carbons (Fsp3) is 0.333. The van der Waals surface area contributed by atoms with Gasteiger partial charge in [-0.25, -0.2) is 0 Å². The molecule has 1 rings (SSSR count). The summed E-state index contributed by atoms with van der Waals surface area (Å²) in [4.78, 5) is 0. The molecule has 3 nitrogen and oxygen atoms in total. The van der Waals surface area contributed by atoms with Crippen LogP contribution in [-0.2, 0) is 0 Å². The minimum atomic E-state index is -1.80. The average molecular weight is 167 g/mol. The van der Waals surface area contributed by atoms with Crippen LogP contribution in [0.15, 0.2) is 30.3 Å². The summed E-state index contributed by atoms with van der Waals surface area (Å²) in [6.07, 6.45) is 0.238. The number of benzene rings is 1. The lowest BCUT2D eigenvalue weighted by Gasteiger charge is -2.22. The molecule has 1 aromatic carbocycles. The number of aliphatic hydroxyl groups is 2. The second-order valence-electron chi connectivity index (χ2n) is 2.66. The van der Waals surface area contributed by atoms with E-state index in [2.05, 4.69) is 5.32 Å². The summed E-state index contributed by atoms with van der Waals surface area (Å²) in [5.74, 6) is -1.80. The second kappa shape index (κ2) is 3.56. The van der Waals surface area contributed by atoms with E-state index in [1.165, 1.54) is 0 Å². The Kier molecular flexibility index (Phi) is 2.68. The van der Waals surface area contributed by atoms with Gasteiger partial charge >= 0.3 is 0 Å². The summed E-state index contributed by atoms with van der Waals surface area (Å²) in [5, 5.41) is 21.0. The van der Waals surface area contributed by atoms with Gasteiger partial charge in [0.25, 0.3) is 0 Å². The van der Waals surface area contributed by atoms with E-state index in [-0.39, 0.29) is 6.42 Å². The zero-order valence-corrected chi connectivity index (χ0v) is 6.99. The van der Waals surface area contributed by atoms with Crippen molar-refractivity contribution < 1.29 is 10.2 Å². The van der Waals surface area contributed by atoms with Crippen LogP contribution in [0.25, 0.3) is 0 Å². The molecule has 0 spiro atoms. The maximum atomic E-state index is 9.22. The Hall–Kier alpha value is -1.06. The van der Waals surface area contributed by atoms with E-state index in [1.54, 1.807) is 19.1 Å². The van der Waals surface area contributed by atoms with Crippen LogP contribution < -0.4 is 5.32 Å². The van der Waals surface area contributed by atoms with Gasteiger partial charge in [0.2, 0.25) is 5.91 Å². The first-order chi connectivity index (χ1) is 5.64. The van der Waals surface area contributed by atoms with E-state index in [4.69, 9.17) is 0 Å². The molecular formula is C9H13NO2. The molecule has 0 unspecified atom stereocenters. The Balaban J connectivity index is 2.64. The zero-order valence-electron chi connectivity index (χ0n) is 6.99. The van der Waals surface area contributed by atoms with Gasteiger partial charge in [0, 0.05) is 12.1 Å². The lowest BCUT2D eigenvalue weighted by atomic mass is 10.3. The molecule has 0 saturated heterocycles. The minimum Gasteiger partial charge on any atom is -0.349 e. The molecule has 3 N–H and O–H groups in total. The van der Waals surface area contributed by atoms with Crippen molar-refractivity contribution in [1.29, 1.82) is 0 Å². The van der Waals surface area contributed by atoms with Crippen molar-refractivity contribution >= 4 is 5.69 Å². The number of hydrogen-bond acceptors (Lipinski definition) is 3. The lowest BCUT2D eigenvalue weighted by molar-refractivity contribution is -0.137. The van der Waals surface area contributed by atoms with Crippen LogP contribution in [0.2, 0.25) is 0 Å². The van der Waals surface area contributed by atoms with Crippen LogP contribution in [0.5, 0.6) is 0 Å². The molecule has 0 aliphatic carbocycles. The van der Waals surface area contributed by atoms with Gasteiger partial charge in [-0.3, -0.25) is 0 Å². The second-order valence-corrected chi connectivity index (χ2v) is 2.66. The monoisotopic (exact) mass is 167 g/mol. The molecule has 66 valence electrons. The van der Waals surface area contributed by atoms with Gasteiger partial charge in [-0.15, -0.1) is 0 Å². The molecule has 0 aromatic heterocycles.